The molecule has 0 radical (unpaired) electrons. The number of para-hydroxylation sites is 2. The van der Waals surface area contributed by atoms with E-state index in [0.717, 1.165) is 12.2 Å². The van der Waals surface area contributed by atoms with Crippen molar-refractivity contribution in [3.8, 4) is 5.75 Å². The third kappa shape index (κ3) is 3.85. The highest BCUT2D eigenvalue weighted by Crippen LogP contribution is 2.35. The zero-order valence-corrected chi connectivity index (χ0v) is 15.3. The number of carbonyl (C=O) groups is 1. The molecule has 146 valence electrons. The lowest BCUT2D eigenvalue weighted by Crippen LogP contribution is -2.53. The van der Waals surface area contributed by atoms with E-state index in [2.05, 4.69) is 10.6 Å². The molecule has 0 aliphatic carbocycles. The maximum atomic E-state index is 14.1. The van der Waals surface area contributed by atoms with E-state index in [-0.39, 0.29) is 24.2 Å². The second-order valence-electron chi connectivity index (χ2n) is 6.92. The summed E-state index contributed by atoms with van der Waals surface area (Å²) in [4.78, 5) is 14.5. The molecular weight excluding hydrogens is 361 g/mol. The van der Waals surface area contributed by atoms with Gasteiger partial charge in [0.2, 0.25) is 5.76 Å². The van der Waals surface area contributed by atoms with Crippen molar-refractivity contribution in [1.29, 1.82) is 0 Å². The minimum Gasteiger partial charge on any atom is -0.448 e. The van der Waals surface area contributed by atoms with Crippen molar-refractivity contribution in [1.82, 2.24) is 10.6 Å². The molecule has 0 saturated carbocycles. The van der Waals surface area contributed by atoms with Gasteiger partial charge in [0.15, 0.2) is 5.75 Å². The quantitative estimate of drug-likeness (QED) is 0.752. The van der Waals surface area contributed by atoms with E-state index in [4.69, 9.17) is 4.74 Å². The number of aliphatic hydroxyl groups is 1. The van der Waals surface area contributed by atoms with Crippen LogP contribution in [-0.4, -0.2) is 36.2 Å². The molecule has 2 atom stereocenters. The molecule has 7 heteroatoms. The first kappa shape index (κ1) is 18.5. The summed E-state index contributed by atoms with van der Waals surface area (Å²) >= 11 is 0. The lowest BCUT2D eigenvalue weighted by molar-refractivity contribution is -0.121. The predicted molar refractivity (Wildman–Crippen MR) is 103 cm³/mol. The van der Waals surface area contributed by atoms with Crippen molar-refractivity contribution < 1.29 is 19.0 Å². The molecule has 2 aromatic rings. The monoisotopic (exact) mass is 383 g/mol. The fourth-order valence-electron chi connectivity index (χ4n) is 3.43. The molecule has 2 aliphatic rings. The fourth-order valence-corrected chi connectivity index (χ4v) is 3.43. The number of halogens is 1. The van der Waals surface area contributed by atoms with Crippen LogP contribution in [0.3, 0.4) is 0 Å². The number of carbonyl (C=O) groups excluding carboxylic acids is 1. The van der Waals surface area contributed by atoms with E-state index >= 15 is 0 Å². The molecule has 2 unspecified atom stereocenters. The number of amides is 1. The number of aliphatic hydroxyl groups excluding tert-OH is 1. The van der Waals surface area contributed by atoms with Gasteiger partial charge in [-0.05, 0) is 31.2 Å². The van der Waals surface area contributed by atoms with Crippen molar-refractivity contribution in [2.45, 2.75) is 25.1 Å². The summed E-state index contributed by atoms with van der Waals surface area (Å²) in [6.07, 6.45) is 1.57. The molecule has 6 nitrogen and oxygen atoms in total. The zero-order chi connectivity index (χ0) is 19.5. The van der Waals surface area contributed by atoms with Gasteiger partial charge < -0.3 is 25.4 Å². The predicted octanol–water partition coefficient (Wildman–Crippen LogP) is 1.91. The number of benzene rings is 2. The van der Waals surface area contributed by atoms with Crippen LogP contribution in [0.1, 0.15) is 12.0 Å². The number of anilines is 1. The van der Waals surface area contributed by atoms with Crippen molar-refractivity contribution in [2.24, 2.45) is 0 Å². The van der Waals surface area contributed by atoms with E-state index in [1.807, 2.05) is 18.2 Å². The highest BCUT2D eigenvalue weighted by Gasteiger charge is 2.29. The van der Waals surface area contributed by atoms with Crippen LogP contribution in [-0.2, 0) is 11.3 Å². The fraction of sp³-hybridized carbons (Fsp3) is 0.286. The largest absolute Gasteiger partial charge is 0.448 e. The number of β-amino-alcohol motifs (C(OH)–C–C–N with tert-alkyl or cyclic N) is 1. The number of rotatable bonds is 4. The van der Waals surface area contributed by atoms with E-state index in [1.54, 1.807) is 35.4 Å². The van der Waals surface area contributed by atoms with Crippen LogP contribution >= 0.6 is 0 Å². The number of piperidine rings is 1. The third-order valence-corrected chi connectivity index (χ3v) is 4.96. The van der Waals surface area contributed by atoms with Gasteiger partial charge in [0.25, 0.3) is 5.91 Å². The van der Waals surface area contributed by atoms with Crippen LogP contribution in [0.25, 0.3) is 0 Å². The van der Waals surface area contributed by atoms with Crippen LogP contribution in [0, 0.1) is 5.82 Å². The Morgan fingerprint density at radius 2 is 2.04 bits per heavy atom. The van der Waals surface area contributed by atoms with Crippen LogP contribution in [0.5, 0.6) is 5.75 Å². The topological polar surface area (TPSA) is 73.8 Å². The van der Waals surface area contributed by atoms with Gasteiger partial charge in [-0.15, -0.1) is 0 Å². The van der Waals surface area contributed by atoms with Crippen molar-refractivity contribution in [3.05, 3.63) is 71.9 Å². The summed E-state index contributed by atoms with van der Waals surface area (Å²) < 4.78 is 19.9. The van der Waals surface area contributed by atoms with Crippen LogP contribution in [0.2, 0.25) is 0 Å². The lowest BCUT2D eigenvalue weighted by Gasteiger charge is -2.31. The first-order valence-electron chi connectivity index (χ1n) is 9.30. The standard InChI is InChI=1S/C21H22FN3O3/c22-15-6-2-1-5-14(15)12-25-13-20(28-19-8-4-3-7-17(19)25)21(27)24-16-9-10-23-11-18(16)26/h1-8,13,16,18,23,26H,9-12H2,(H,24,27). The Bertz CT molecular complexity index is 902. The number of hydrogen-bond donors (Lipinski definition) is 3. The molecule has 0 spiro atoms. The van der Waals surface area contributed by atoms with Gasteiger partial charge in [0, 0.05) is 12.1 Å². The summed E-state index contributed by atoms with van der Waals surface area (Å²) in [5.74, 6) is -0.0687. The minimum atomic E-state index is -0.649. The first-order chi connectivity index (χ1) is 13.6. The Kier molecular flexibility index (Phi) is 5.27. The van der Waals surface area contributed by atoms with Crippen molar-refractivity contribution in [2.75, 3.05) is 18.0 Å². The van der Waals surface area contributed by atoms with Gasteiger partial charge in [0.1, 0.15) is 5.82 Å². The van der Waals surface area contributed by atoms with E-state index in [1.165, 1.54) is 6.07 Å². The highest BCUT2D eigenvalue weighted by molar-refractivity contribution is 5.93. The van der Waals surface area contributed by atoms with Crippen LogP contribution in [0.4, 0.5) is 10.1 Å². The van der Waals surface area contributed by atoms with Crippen LogP contribution < -0.4 is 20.3 Å². The molecule has 2 aliphatic heterocycles. The van der Waals surface area contributed by atoms with E-state index in [0.29, 0.717) is 24.3 Å². The molecule has 1 fully saturated rings. The first-order valence-corrected chi connectivity index (χ1v) is 9.30. The molecule has 4 rings (SSSR count). The molecule has 3 N–H and O–H groups in total. The average molecular weight is 383 g/mol. The normalized spacial score (nSPS) is 21.4. The second-order valence-corrected chi connectivity index (χ2v) is 6.92. The number of nitrogens with one attached hydrogen (secondary N) is 2. The summed E-state index contributed by atoms with van der Waals surface area (Å²) in [6, 6.07) is 13.5. The van der Waals surface area contributed by atoms with Gasteiger partial charge in [-0.3, -0.25) is 4.79 Å². The number of nitrogens with zero attached hydrogens (tertiary/aromatic N) is 1. The Labute approximate surface area is 162 Å². The Morgan fingerprint density at radius 1 is 1.25 bits per heavy atom. The highest BCUT2D eigenvalue weighted by atomic mass is 19.1. The maximum Gasteiger partial charge on any atom is 0.288 e. The lowest BCUT2D eigenvalue weighted by atomic mass is 10.0. The SMILES string of the molecule is O=C(NC1CCNCC1O)C1=CN(Cc2ccccc2F)c2ccccc2O1. The van der Waals surface area contributed by atoms with Crippen molar-refractivity contribution >= 4 is 11.6 Å². The molecule has 2 aromatic carbocycles. The summed E-state index contributed by atoms with van der Waals surface area (Å²) in [5, 5.41) is 16.0. The molecule has 2 heterocycles. The van der Waals surface area contributed by atoms with Crippen LogP contribution in [0.15, 0.2) is 60.5 Å². The van der Waals surface area contributed by atoms with Gasteiger partial charge >= 0.3 is 0 Å². The van der Waals surface area contributed by atoms with Crippen molar-refractivity contribution in [3.63, 3.8) is 0 Å². The zero-order valence-electron chi connectivity index (χ0n) is 15.3. The molecule has 0 aromatic heterocycles. The average Bonchev–Trinajstić information content (AvgIpc) is 2.71. The number of ether oxygens (including phenoxy) is 1. The molecule has 1 saturated heterocycles. The summed E-state index contributed by atoms with van der Waals surface area (Å²) in [7, 11) is 0. The Balaban J connectivity index is 1.58. The van der Waals surface area contributed by atoms with Gasteiger partial charge in [-0.25, -0.2) is 4.39 Å². The molecule has 28 heavy (non-hydrogen) atoms. The smallest absolute Gasteiger partial charge is 0.288 e. The molecule has 1 amide bonds. The van der Waals surface area contributed by atoms with Gasteiger partial charge in [-0.2, -0.15) is 0 Å². The number of fused-ring (bicyclic) bond motifs is 1. The van der Waals surface area contributed by atoms with Gasteiger partial charge in [0.05, 0.1) is 30.6 Å². The Morgan fingerprint density at radius 3 is 2.86 bits per heavy atom. The van der Waals surface area contributed by atoms with E-state index in [9.17, 15) is 14.3 Å². The molecular formula is C21H22FN3O3. The number of hydrogen-bond acceptors (Lipinski definition) is 5. The molecule has 0 bridgehead atoms. The maximum absolute atomic E-state index is 14.1. The van der Waals surface area contributed by atoms with Gasteiger partial charge in [-0.1, -0.05) is 30.3 Å². The summed E-state index contributed by atoms with van der Waals surface area (Å²) in [5.41, 5.74) is 1.27. The Hall–Kier alpha value is -2.90. The minimum absolute atomic E-state index is 0.112. The third-order valence-electron chi connectivity index (χ3n) is 4.96. The van der Waals surface area contributed by atoms with E-state index < -0.39 is 12.0 Å². The summed E-state index contributed by atoms with van der Waals surface area (Å²) in [6.45, 7) is 1.43. The second kappa shape index (κ2) is 8.00.